The second-order valence-corrected chi connectivity index (χ2v) is 4.57. The minimum atomic E-state index is 1.13. The summed E-state index contributed by atoms with van der Waals surface area (Å²) in [5.41, 5.74) is 2.46. The number of nitrogens with zero attached hydrogens (tertiary/aromatic N) is 2. The Bertz CT molecular complexity index is 426. The molecule has 0 atom stereocenters. The molecule has 0 fully saturated rings. The Morgan fingerprint density at radius 1 is 1.29 bits per heavy atom. The van der Waals surface area contributed by atoms with Crippen LogP contribution >= 0.6 is 11.3 Å². The average Bonchev–Trinajstić information content (AvgIpc) is 2.78. The molecule has 0 unspecified atom stereocenters. The fourth-order valence-corrected chi connectivity index (χ4v) is 2.94. The smallest absolute Gasteiger partial charge is 0.125 e. The maximum absolute atomic E-state index is 4.64. The fourth-order valence-electron chi connectivity index (χ4n) is 1.80. The topological polar surface area (TPSA) is 25.8 Å². The third-order valence-corrected chi connectivity index (χ3v) is 3.71. The van der Waals surface area contributed by atoms with Gasteiger partial charge in [-0.2, -0.15) is 0 Å². The van der Waals surface area contributed by atoms with Crippen LogP contribution in [-0.2, 0) is 12.8 Å². The second-order valence-electron chi connectivity index (χ2n) is 3.48. The molecule has 0 bridgehead atoms. The van der Waals surface area contributed by atoms with Gasteiger partial charge in [-0.15, -0.1) is 11.3 Å². The molecule has 0 radical (unpaired) electrons. The van der Waals surface area contributed by atoms with E-state index in [1.165, 1.54) is 23.4 Å². The van der Waals surface area contributed by atoms with Crippen molar-refractivity contribution in [1.82, 2.24) is 9.97 Å². The number of aromatic nitrogens is 2. The van der Waals surface area contributed by atoms with E-state index >= 15 is 0 Å². The lowest BCUT2D eigenvalue weighted by molar-refractivity contribution is 0.900. The standard InChI is InChI=1S/C11H10N2S/c1-4-9-10(5-1)14-11(13-9)8-3-2-6-12-7-8/h2-3,6-7H,1,4-5H2. The van der Waals surface area contributed by atoms with Crippen LogP contribution in [0.1, 0.15) is 17.0 Å². The van der Waals surface area contributed by atoms with Gasteiger partial charge in [-0.1, -0.05) is 0 Å². The van der Waals surface area contributed by atoms with Crippen molar-refractivity contribution in [3.05, 3.63) is 35.1 Å². The van der Waals surface area contributed by atoms with Gasteiger partial charge in [0.1, 0.15) is 5.01 Å². The van der Waals surface area contributed by atoms with Crippen LogP contribution in [0, 0.1) is 0 Å². The molecule has 0 spiro atoms. The molecule has 1 aliphatic carbocycles. The van der Waals surface area contributed by atoms with Crippen molar-refractivity contribution >= 4 is 11.3 Å². The molecule has 3 rings (SSSR count). The van der Waals surface area contributed by atoms with E-state index in [0.717, 1.165) is 17.0 Å². The van der Waals surface area contributed by atoms with E-state index in [4.69, 9.17) is 0 Å². The summed E-state index contributed by atoms with van der Waals surface area (Å²) in [6.07, 6.45) is 7.33. The fraction of sp³-hybridized carbons (Fsp3) is 0.273. The zero-order valence-electron chi connectivity index (χ0n) is 7.73. The lowest BCUT2D eigenvalue weighted by Gasteiger charge is -1.93. The van der Waals surface area contributed by atoms with Gasteiger partial charge in [0.25, 0.3) is 0 Å². The maximum atomic E-state index is 4.64. The first-order valence-corrected chi connectivity index (χ1v) is 5.64. The van der Waals surface area contributed by atoms with E-state index in [0.29, 0.717) is 0 Å². The first kappa shape index (κ1) is 8.12. The molecule has 0 aliphatic heterocycles. The quantitative estimate of drug-likeness (QED) is 0.710. The molecule has 2 heterocycles. The van der Waals surface area contributed by atoms with Crippen molar-refractivity contribution in [2.24, 2.45) is 0 Å². The zero-order chi connectivity index (χ0) is 9.38. The van der Waals surface area contributed by atoms with Gasteiger partial charge in [0.15, 0.2) is 0 Å². The van der Waals surface area contributed by atoms with Crippen LogP contribution in [0.3, 0.4) is 0 Å². The molecule has 1 aliphatic rings. The van der Waals surface area contributed by atoms with Crippen molar-refractivity contribution in [2.45, 2.75) is 19.3 Å². The van der Waals surface area contributed by atoms with Crippen molar-refractivity contribution in [2.75, 3.05) is 0 Å². The molecular weight excluding hydrogens is 192 g/mol. The number of fused-ring (bicyclic) bond motifs is 1. The van der Waals surface area contributed by atoms with Crippen LogP contribution in [0.4, 0.5) is 0 Å². The highest BCUT2D eigenvalue weighted by atomic mass is 32.1. The molecular formula is C11H10N2S. The van der Waals surface area contributed by atoms with Gasteiger partial charge in [0.05, 0.1) is 5.69 Å². The van der Waals surface area contributed by atoms with E-state index < -0.39 is 0 Å². The number of hydrogen-bond acceptors (Lipinski definition) is 3. The predicted octanol–water partition coefficient (Wildman–Crippen LogP) is 2.69. The SMILES string of the molecule is c1cncc(-c2nc3c(s2)CCC3)c1. The molecule has 0 N–H and O–H groups in total. The van der Waals surface area contributed by atoms with Crippen molar-refractivity contribution in [1.29, 1.82) is 0 Å². The summed E-state index contributed by atoms with van der Waals surface area (Å²) in [6, 6.07) is 4.03. The summed E-state index contributed by atoms with van der Waals surface area (Å²) in [4.78, 5) is 10.2. The van der Waals surface area contributed by atoms with Crippen LogP contribution in [0.5, 0.6) is 0 Å². The third-order valence-electron chi connectivity index (χ3n) is 2.50. The highest BCUT2D eigenvalue weighted by molar-refractivity contribution is 7.15. The normalized spacial score (nSPS) is 14.3. The minimum Gasteiger partial charge on any atom is -0.264 e. The molecule has 2 nitrogen and oxygen atoms in total. The summed E-state index contributed by atoms with van der Waals surface area (Å²) in [7, 11) is 0. The van der Waals surface area contributed by atoms with E-state index in [-0.39, 0.29) is 0 Å². The Balaban J connectivity index is 2.06. The molecule has 0 amide bonds. The lowest BCUT2D eigenvalue weighted by atomic mass is 10.3. The van der Waals surface area contributed by atoms with E-state index in [1.54, 1.807) is 6.20 Å². The van der Waals surface area contributed by atoms with Crippen LogP contribution in [0.2, 0.25) is 0 Å². The van der Waals surface area contributed by atoms with Crippen molar-refractivity contribution in [3.63, 3.8) is 0 Å². The number of aryl methyl sites for hydroxylation is 2. The van der Waals surface area contributed by atoms with Gasteiger partial charge in [0, 0.05) is 22.8 Å². The molecule has 2 aromatic heterocycles. The van der Waals surface area contributed by atoms with Gasteiger partial charge < -0.3 is 0 Å². The zero-order valence-corrected chi connectivity index (χ0v) is 8.55. The molecule has 2 aromatic rings. The predicted molar refractivity (Wildman–Crippen MR) is 57.4 cm³/mol. The summed E-state index contributed by atoms with van der Waals surface area (Å²) in [5.74, 6) is 0. The number of rotatable bonds is 1. The van der Waals surface area contributed by atoms with Crippen molar-refractivity contribution < 1.29 is 0 Å². The minimum absolute atomic E-state index is 1.13. The Morgan fingerprint density at radius 3 is 3.07 bits per heavy atom. The van der Waals surface area contributed by atoms with Crippen LogP contribution < -0.4 is 0 Å². The Morgan fingerprint density at radius 2 is 2.29 bits per heavy atom. The van der Waals surface area contributed by atoms with E-state index in [1.807, 2.05) is 23.6 Å². The highest BCUT2D eigenvalue weighted by Gasteiger charge is 2.17. The third kappa shape index (κ3) is 1.24. The Kier molecular flexibility index (Phi) is 1.84. The summed E-state index contributed by atoms with van der Waals surface area (Å²) < 4.78 is 0. The van der Waals surface area contributed by atoms with Crippen molar-refractivity contribution in [3.8, 4) is 10.6 Å². The molecule has 0 saturated carbocycles. The second kappa shape index (κ2) is 3.17. The van der Waals surface area contributed by atoms with Crippen LogP contribution in [0.25, 0.3) is 10.6 Å². The van der Waals surface area contributed by atoms with Gasteiger partial charge in [-0.05, 0) is 31.4 Å². The number of thiazole rings is 1. The van der Waals surface area contributed by atoms with Gasteiger partial charge in [-0.3, -0.25) is 4.98 Å². The van der Waals surface area contributed by atoms with Gasteiger partial charge >= 0.3 is 0 Å². The first-order valence-electron chi connectivity index (χ1n) is 4.82. The molecule has 3 heteroatoms. The molecule has 14 heavy (non-hydrogen) atoms. The average molecular weight is 202 g/mol. The Hall–Kier alpha value is -1.22. The maximum Gasteiger partial charge on any atom is 0.125 e. The molecule has 70 valence electrons. The summed E-state index contributed by atoms with van der Waals surface area (Å²) >= 11 is 1.82. The van der Waals surface area contributed by atoms with Crippen LogP contribution in [-0.4, -0.2) is 9.97 Å². The number of pyridine rings is 1. The molecule has 0 saturated heterocycles. The Labute approximate surface area is 86.7 Å². The summed E-state index contributed by atoms with van der Waals surface area (Å²) in [6.45, 7) is 0. The largest absolute Gasteiger partial charge is 0.264 e. The van der Waals surface area contributed by atoms with E-state index in [9.17, 15) is 0 Å². The summed E-state index contributed by atoms with van der Waals surface area (Å²) in [5, 5.41) is 1.13. The van der Waals surface area contributed by atoms with Gasteiger partial charge in [0.2, 0.25) is 0 Å². The highest BCUT2D eigenvalue weighted by Crippen LogP contribution is 2.32. The van der Waals surface area contributed by atoms with E-state index in [2.05, 4.69) is 16.0 Å². The lowest BCUT2D eigenvalue weighted by Crippen LogP contribution is -1.81. The first-order chi connectivity index (χ1) is 6.93. The molecule has 0 aromatic carbocycles. The van der Waals surface area contributed by atoms with Gasteiger partial charge in [-0.25, -0.2) is 4.98 Å². The number of hydrogen-bond donors (Lipinski definition) is 0. The van der Waals surface area contributed by atoms with Crippen LogP contribution in [0.15, 0.2) is 24.5 Å². The monoisotopic (exact) mass is 202 g/mol.